The summed E-state index contributed by atoms with van der Waals surface area (Å²) < 4.78 is 22.6. The van der Waals surface area contributed by atoms with E-state index in [9.17, 15) is 19.5 Å². The largest absolute Gasteiger partial charge is 0.492 e. The Morgan fingerprint density at radius 3 is 2.46 bits per heavy atom. The van der Waals surface area contributed by atoms with E-state index in [1.54, 1.807) is 4.57 Å². The monoisotopic (exact) mass is 493 g/mol. The highest BCUT2D eigenvalue weighted by Crippen LogP contribution is 2.44. The highest BCUT2D eigenvalue weighted by Gasteiger charge is 2.32. The number of methoxy groups -OCH3 is 1. The lowest BCUT2D eigenvalue weighted by Gasteiger charge is -2.35. The van der Waals surface area contributed by atoms with Gasteiger partial charge in [-0.2, -0.15) is 0 Å². The first kappa shape index (κ1) is 26.4. The number of rotatable bonds is 7. The van der Waals surface area contributed by atoms with Crippen molar-refractivity contribution in [2.45, 2.75) is 57.2 Å². The second-order valence-electron chi connectivity index (χ2n) is 8.97. The minimum absolute atomic E-state index is 0.0482. The molecule has 0 radical (unpaired) electrons. The quantitative estimate of drug-likeness (QED) is 0.457. The van der Waals surface area contributed by atoms with Gasteiger partial charge in [0, 0.05) is 31.4 Å². The van der Waals surface area contributed by atoms with Crippen LogP contribution < -0.4 is 20.4 Å². The molecule has 1 saturated heterocycles. The zero-order chi connectivity index (χ0) is 25.9. The molecule has 2 aromatic rings. The van der Waals surface area contributed by atoms with Crippen molar-refractivity contribution in [3.63, 3.8) is 0 Å². The Kier molecular flexibility index (Phi) is 8.34. The van der Waals surface area contributed by atoms with E-state index < -0.39 is 29.3 Å². The molecule has 0 amide bonds. The molecule has 1 aromatic heterocycles. The molecule has 4 rings (SSSR count). The molecule has 2 unspecified atom stereocenters. The van der Waals surface area contributed by atoms with Gasteiger partial charge in [0.2, 0.25) is 5.43 Å². The normalized spacial score (nSPS) is 18.5. The number of nitrogens with zero attached hydrogens (tertiary/aromatic N) is 2. The molecule has 1 aromatic carbocycles. The first-order chi connectivity index (χ1) is 16.6. The van der Waals surface area contributed by atoms with Crippen LogP contribution >= 0.6 is 0 Å². The molecule has 1 saturated carbocycles. The molecule has 2 fully saturated rings. The molecule has 2 atom stereocenters. The van der Waals surface area contributed by atoms with E-state index in [0.29, 0.717) is 30.0 Å². The van der Waals surface area contributed by atoms with Gasteiger partial charge in [0.05, 0.1) is 30.5 Å². The molecule has 192 valence electrons. The van der Waals surface area contributed by atoms with Crippen molar-refractivity contribution in [1.82, 2.24) is 9.88 Å². The van der Waals surface area contributed by atoms with Gasteiger partial charge in [-0.15, -0.1) is 0 Å². The molecule has 0 bridgehead atoms. The number of aliphatic hydroxyl groups excluding tert-OH is 1. The SMILES string of the molecule is CC(O)CC(=O)O.CNC1CCCN(c2c(F)cc3c(=O)c(C(=O)O)cn(C4CC4)c3c2OC)C1. The minimum atomic E-state index is -1.31. The van der Waals surface area contributed by atoms with Crippen molar-refractivity contribution in [2.75, 3.05) is 32.1 Å². The third-order valence-electron chi connectivity index (χ3n) is 6.19. The molecule has 4 N–H and O–H groups in total. The molecule has 11 heteroatoms. The van der Waals surface area contributed by atoms with Gasteiger partial charge in [-0.25, -0.2) is 9.18 Å². The summed E-state index contributed by atoms with van der Waals surface area (Å²) in [6.45, 7) is 2.77. The van der Waals surface area contributed by atoms with E-state index in [-0.39, 0.29) is 29.5 Å². The predicted octanol–water partition coefficient (Wildman–Crippen LogP) is 2.21. The van der Waals surface area contributed by atoms with Crippen LogP contribution in [0.3, 0.4) is 0 Å². The Labute approximate surface area is 201 Å². The number of ether oxygens (including phenoxy) is 1. The number of likely N-dealkylation sites (N-methyl/N-ethyl adjacent to an activating group) is 1. The van der Waals surface area contributed by atoms with Gasteiger partial charge < -0.3 is 34.8 Å². The van der Waals surface area contributed by atoms with Crippen LogP contribution in [0.15, 0.2) is 17.1 Å². The van der Waals surface area contributed by atoms with Crippen LogP contribution in [-0.2, 0) is 4.79 Å². The van der Waals surface area contributed by atoms with Gasteiger partial charge in [0.25, 0.3) is 0 Å². The summed E-state index contributed by atoms with van der Waals surface area (Å²) in [5.74, 6) is -2.54. The number of fused-ring (bicyclic) bond motifs is 1. The van der Waals surface area contributed by atoms with Crippen molar-refractivity contribution in [3.8, 4) is 5.75 Å². The molecule has 0 spiro atoms. The number of piperidine rings is 1. The highest BCUT2D eigenvalue weighted by atomic mass is 19.1. The summed E-state index contributed by atoms with van der Waals surface area (Å²) in [6, 6.07) is 1.51. The number of halogens is 1. The molecular weight excluding hydrogens is 461 g/mol. The van der Waals surface area contributed by atoms with E-state index in [4.69, 9.17) is 14.9 Å². The van der Waals surface area contributed by atoms with Gasteiger partial charge in [0.15, 0.2) is 11.6 Å². The molecule has 35 heavy (non-hydrogen) atoms. The molecule has 1 aliphatic carbocycles. The van der Waals surface area contributed by atoms with Crippen molar-refractivity contribution in [2.24, 2.45) is 0 Å². The maximum atomic E-state index is 15.2. The Morgan fingerprint density at radius 2 is 1.97 bits per heavy atom. The fraction of sp³-hybridized carbons (Fsp3) is 0.542. The maximum Gasteiger partial charge on any atom is 0.341 e. The maximum absolute atomic E-state index is 15.2. The number of aliphatic carboxylic acids is 1. The van der Waals surface area contributed by atoms with Crippen LogP contribution in [0, 0.1) is 5.82 Å². The van der Waals surface area contributed by atoms with Gasteiger partial charge in [-0.05, 0) is 45.7 Å². The predicted molar refractivity (Wildman–Crippen MR) is 128 cm³/mol. The van der Waals surface area contributed by atoms with Gasteiger partial charge >= 0.3 is 11.9 Å². The van der Waals surface area contributed by atoms with Crippen molar-refractivity contribution >= 4 is 28.5 Å². The van der Waals surface area contributed by atoms with Gasteiger partial charge in [-0.3, -0.25) is 9.59 Å². The number of aromatic carboxylic acids is 1. The number of hydrogen-bond donors (Lipinski definition) is 4. The number of aromatic nitrogens is 1. The Hall–Kier alpha value is -3.18. The lowest BCUT2D eigenvalue weighted by atomic mass is 10.0. The van der Waals surface area contributed by atoms with Crippen LogP contribution in [0.25, 0.3) is 10.9 Å². The fourth-order valence-electron chi connectivity index (χ4n) is 4.39. The fourth-order valence-corrected chi connectivity index (χ4v) is 4.39. The molecule has 2 aliphatic rings. The number of carboxylic acids is 2. The van der Waals surface area contributed by atoms with E-state index in [1.165, 1.54) is 26.3 Å². The smallest absolute Gasteiger partial charge is 0.341 e. The van der Waals surface area contributed by atoms with E-state index >= 15 is 4.39 Å². The first-order valence-corrected chi connectivity index (χ1v) is 11.6. The third kappa shape index (κ3) is 5.91. The second kappa shape index (κ2) is 11.0. The summed E-state index contributed by atoms with van der Waals surface area (Å²) in [6.07, 6.45) is 4.19. The van der Waals surface area contributed by atoms with E-state index in [1.807, 2.05) is 11.9 Å². The number of nitrogens with one attached hydrogen (secondary N) is 1. The lowest BCUT2D eigenvalue weighted by Crippen LogP contribution is -2.45. The van der Waals surface area contributed by atoms with Crippen molar-refractivity contribution in [1.29, 1.82) is 0 Å². The zero-order valence-electron chi connectivity index (χ0n) is 20.1. The van der Waals surface area contributed by atoms with Crippen LogP contribution in [0.4, 0.5) is 10.1 Å². The molecular formula is C24H32FN3O7. The zero-order valence-corrected chi connectivity index (χ0v) is 20.1. The number of carboxylic acid groups (broad SMARTS) is 2. The number of carbonyl (C=O) groups is 2. The average Bonchev–Trinajstić information content (AvgIpc) is 3.63. The molecule has 10 nitrogen and oxygen atoms in total. The van der Waals surface area contributed by atoms with Gasteiger partial charge in [0.1, 0.15) is 11.3 Å². The van der Waals surface area contributed by atoms with Crippen LogP contribution in [-0.4, -0.2) is 71.2 Å². The first-order valence-electron chi connectivity index (χ1n) is 11.6. The Balaban J connectivity index is 0.000000429. The lowest BCUT2D eigenvalue weighted by molar-refractivity contribution is -0.138. The highest BCUT2D eigenvalue weighted by molar-refractivity contribution is 5.97. The average molecular weight is 494 g/mol. The van der Waals surface area contributed by atoms with E-state index in [0.717, 1.165) is 25.7 Å². The number of hydrogen-bond acceptors (Lipinski definition) is 7. The summed E-state index contributed by atoms with van der Waals surface area (Å²) in [5.41, 5.74) is -0.216. The van der Waals surface area contributed by atoms with Crippen LogP contribution in [0.5, 0.6) is 5.75 Å². The second-order valence-corrected chi connectivity index (χ2v) is 8.97. The third-order valence-corrected chi connectivity index (χ3v) is 6.19. The Morgan fingerprint density at radius 1 is 1.29 bits per heavy atom. The molecule has 2 heterocycles. The number of anilines is 1. The summed E-state index contributed by atoms with van der Waals surface area (Å²) in [5, 5.41) is 29.0. The van der Waals surface area contributed by atoms with Crippen LogP contribution in [0.1, 0.15) is 55.4 Å². The number of aliphatic hydroxyl groups is 1. The summed E-state index contributed by atoms with van der Waals surface area (Å²) in [7, 11) is 3.35. The Bertz CT molecular complexity index is 1160. The summed E-state index contributed by atoms with van der Waals surface area (Å²) >= 11 is 0. The summed E-state index contributed by atoms with van der Waals surface area (Å²) in [4.78, 5) is 35.9. The standard InChI is InChI=1S/C20H24FN3O4.C4H8O3/c1-22-11-4-3-7-23(9-11)17-15(21)8-13-16(19(17)28-2)24(12-5-6-12)10-14(18(13)25)20(26)27;1-3(5)2-4(6)7/h8,10-12,22H,3-7,9H2,1-2H3,(H,26,27);3,5H,2H2,1H3,(H,6,7). The van der Waals surface area contributed by atoms with Crippen molar-refractivity contribution < 1.29 is 34.0 Å². The topological polar surface area (TPSA) is 141 Å². The molecule has 1 aliphatic heterocycles. The van der Waals surface area contributed by atoms with E-state index in [2.05, 4.69) is 5.32 Å². The van der Waals surface area contributed by atoms with Gasteiger partial charge in [-0.1, -0.05) is 0 Å². The minimum Gasteiger partial charge on any atom is -0.492 e. The number of pyridine rings is 1. The number of benzene rings is 1. The van der Waals surface area contributed by atoms with Crippen molar-refractivity contribution in [3.05, 3.63) is 33.9 Å². The van der Waals surface area contributed by atoms with Crippen LogP contribution in [0.2, 0.25) is 0 Å².